The van der Waals surface area contributed by atoms with Gasteiger partial charge in [-0.1, -0.05) is 35.8 Å². The molecule has 7 rings (SSSR count). The average molecular weight is 402 g/mol. The van der Waals surface area contributed by atoms with E-state index < -0.39 is 0 Å². The lowest BCUT2D eigenvalue weighted by Crippen LogP contribution is -2.03. The number of aromatic hydroxyl groups is 1. The molecule has 0 radical (unpaired) electrons. The number of hydrogen-bond acceptors (Lipinski definition) is 4. The second kappa shape index (κ2) is 5.67. The molecule has 0 saturated heterocycles. The molecule has 4 heterocycles. The largest absolute Gasteiger partial charge is 0.508 e. The Balaban J connectivity index is 1.64. The number of nitrogens with zero attached hydrogens (tertiary/aromatic N) is 4. The molecule has 0 bridgehead atoms. The van der Waals surface area contributed by atoms with Crippen molar-refractivity contribution in [2.75, 3.05) is 0 Å². The van der Waals surface area contributed by atoms with Crippen molar-refractivity contribution in [1.82, 2.24) is 18.9 Å². The summed E-state index contributed by atoms with van der Waals surface area (Å²) in [6.07, 6.45) is 0. The van der Waals surface area contributed by atoms with Crippen LogP contribution < -0.4 is 5.46 Å². The molecule has 4 aromatic heterocycles. The van der Waals surface area contributed by atoms with Crippen molar-refractivity contribution in [3.63, 3.8) is 0 Å². The van der Waals surface area contributed by atoms with Gasteiger partial charge in [0.05, 0.1) is 22.1 Å². The highest BCUT2D eigenvalue weighted by atomic mass is 16.3. The molecule has 7 aromatic rings. The van der Waals surface area contributed by atoms with E-state index >= 15 is 0 Å². The first kappa shape index (κ1) is 16.5. The Labute approximate surface area is 176 Å². The second-order valence-electron chi connectivity index (χ2n) is 7.82. The molecule has 31 heavy (non-hydrogen) atoms. The number of phenols is 1. The first-order chi connectivity index (χ1) is 15.2. The summed E-state index contributed by atoms with van der Waals surface area (Å²) in [5.41, 5.74) is 6.25. The van der Waals surface area contributed by atoms with Crippen LogP contribution in [0.4, 0.5) is 0 Å². The normalized spacial score (nSPS) is 12.1. The number of para-hydroxylation sites is 2. The van der Waals surface area contributed by atoms with E-state index in [0.29, 0.717) is 11.5 Å². The number of benzene rings is 3. The van der Waals surface area contributed by atoms with E-state index in [-0.39, 0.29) is 5.75 Å². The Kier molecular flexibility index (Phi) is 3.02. The van der Waals surface area contributed by atoms with E-state index in [1.54, 1.807) is 12.1 Å². The molecule has 0 aliphatic rings. The molecule has 0 amide bonds. The number of furan rings is 1. The molecule has 0 fully saturated rings. The van der Waals surface area contributed by atoms with Gasteiger partial charge in [-0.2, -0.15) is 4.98 Å². The van der Waals surface area contributed by atoms with Crippen molar-refractivity contribution in [2.45, 2.75) is 0 Å². The molecule has 0 atom stereocenters. The summed E-state index contributed by atoms with van der Waals surface area (Å²) in [7, 11) is 2.06. The van der Waals surface area contributed by atoms with Gasteiger partial charge in [0.2, 0.25) is 11.5 Å². The third-order valence-corrected chi connectivity index (χ3v) is 5.97. The quantitative estimate of drug-likeness (QED) is 0.426. The number of rotatable bonds is 1. The first-order valence-corrected chi connectivity index (χ1v) is 10.1. The van der Waals surface area contributed by atoms with E-state index in [1.165, 1.54) is 0 Å². The zero-order valence-electron chi connectivity index (χ0n) is 16.6. The van der Waals surface area contributed by atoms with Gasteiger partial charge in [-0.15, -0.1) is 0 Å². The van der Waals surface area contributed by atoms with E-state index in [1.807, 2.05) is 53.1 Å². The summed E-state index contributed by atoms with van der Waals surface area (Å²) in [5, 5.41) is 12.2. The fourth-order valence-corrected chi connectivity index (χ4v) is 4.55. The summed E-state index contributed by atoms with van der Waals surface area (Å²) >= 11 is 0. The minimum absolute atomic E-state index is 0.194. The zero-order chi connectivity index (χ0) is 20.7. The van der Waals surface area contributed by atoms with Crippen molar-refractivity contribution in [3.8, 4) is 11.6 Å². The molecule has 0 saturated carbocycles. The molecule has 6 nitrogen and oxygen atoms in total. The van der Waals surface area contributed by atoms with Crippen molar-refractivity contribution in [2.24, 2.45) is 0 Å². The summed E-state index contributed by atoms with van der Waals surface area (Å²) in [5.74, 6) is 1.62. The fourth-order valence-electron chi connectivity index (χ4n) is 4.55. The third-order valence-electron chi connectivity index (χ3n) is 5.97. The molecule has 7 heteroatoms. The molecule has 0 unspecified atom stereocenters. The van der Waals surface area contributed by atoms with Gasteiger partial charge in [0.25, 0.3) is 0 Å². The Morgan fingerprint density at radius 2 is 1.71 bits per heavy atom. The van der Waals surface area contributed by atoms with Crippen LogP contribution in [-0.4, -0.2) is 31.9 Å². The summed E-state index contributed by atoms with van der Waals surface area (Å²) < 4.78 is 10.1. The minimum Gasteiger partial charge on any atom is -0.508 e. The summed E-state index contributed by atoms with van der Waals surface area (Å²) in [6, 6.07) is 23.5. The molecule has 0 aliphatic carbocycles. The van der Waals surface area contributed by atoms with E-state index in [4.69, 9.17) is 14.4 Å². The lowest BCUT2D eigenvalue weighted by atomic mass is 9.95. The maximum atomic E-state index is 10.2. The molecular formula is C24H15BN4O2. The van der Waals surface area contributed by atoms with Crippen LogP contribution in [0.15, 0.2) is 77.2 Å². The number of aromatic nitrogens is 4. The Morgan fingerprint density at radius 3 is 2.65 bits per heavy atom. The predicted octanol–water partition coefficient (Wildman–Crippen LogP) is 3.69. The summed E-state index contributed by atoms with van der Waals surface area (Å²) in [6.45, 7) is 0. The Bertz CT molecular complexity index is 1830. The van der Waals surface area contributed by atoms with Crippen LogP contribution in [0.1, 0.15) is 0 Å². The molecule has 3 aromatic carbocycles. The summed E-state index contributed by atoms with van der Waals surface area (Å²) in [4.78, 5) is 9.79. The van der Waals surface area contributed by atoms with Crippen LogP contribution >= 0.6 is 0 Å². The maximum absolute atomic E-state index is 10.2. The lowest BCUT2D eigenvalue weighted by molar-refractivity contribution is 0.476. The van der Waals surface area contributed by atoms with Crippen molar-refractivity contribution in [3.05, 3.63) is 72.8 Å². The smallest absolute Gasteiger partial charge is 0.229 e. The Morgan fingerprint density at radius 1 is 0.806 bits per heavy atom. The molecular weight excluding hydrogens is 387 g/mol. The van der Waals surface area contributed by atoms with E-state index in [2.05, 4.69) is 24.4 Å². The molecule has 0 spiro atoms. The highest BCUT2D eigenvalue weighted by Gasteiger charge is 2.20. The van der Waals surface area contributed by atoms with Crippen LogP contribution in [0.3, 0.4) is 0 Å². The number of phenolic OH excluding ortho intramolecular Hbond substituents is 1. The standard InChI is InChI=1S/C24H15BN4O2/c25-16-5-3-6-18-22(16)27-24-28(18)17-10-8-13(30)12-19(17)29(24)21-11-9-15-14-4-1-2-7-20(14)31-23(15)26-21/h1-12,30H,25H2. The van der Waals surface area contributed by atoms with Gasteiger partial charge in [0.1, 0.15) is 25.0 Å². The van der Waals surface area contributed by atoms with Gasteiger partial charge < -0.3 is 9.52 Å². The van der Waals surface area contributed by atoms with Crippen LogP contribution in [0.2, 0.25) is 0 Å². The average Bonchev–Trinajstić information content (AvgIpc) is 3.42. The zero-order valence-corrected chi connectivity index (χ0v) is 16.6. The Hall–Kier alpha value is -4.26. The fraction of sp³-hybridized carbons (Fsp3) is 0. The maximum Gasteiger partial charge on any atom is 0.229 e. The molecule has 146 valence electrons. The van der Waals surface area contributed by atoms with Gasteiger partial charge in [-0.25, -0.2) is 4.98 Å². The number of imidazole rings is 2. The lowest BCUT2D eigenvalue weighted by Gasteiger charge is -2.04. The second-order valence-corrected chi connectivity index (χ2v) is 7.82. The van der Waals surface area contributed by atoms with E-state index in [0.717, 1.165) is 49.7 Å². The van der Waals surface area contributed by atoms with Crippen molar-refractivity contribution >= 4 is 63.2 Å². The number of pyridine rings is 1. The SMILES string of the molecule is Bc1cccc2c1nc1n(-c3ccc4c(n3)oc3ccccc34)c3cc(O)ccc3n21. The first-order valence-electron chi connectivity index (χ1n) is 10.1. The third kappa shape index (κ3) is 2.12. The van der Waals surface area contributed by atoms with E-state index in [9.17, 15) is 5.11 Å². The highest BCUT2D eigenvalue weighted by Crippen LogP contribution is 2.32. The number of fused-ring (bicyclic) bond motifs is 8. The molecule has 0 aliphatic heterocycles. The van der Waals surface area contributed by atoms with Gasteiger partial charge in [0, 0.05) is 16.8 Å². The van der Waals surface area contributed by atoms with Crippen LogP contribution in [-0.2, 0) is 0 Å². The van der Waals surface area contributed by atoms with Crippen LogP contribution in [0.25, 0.3) is 55.7 Å². The monoisotopic (exact) mass is 402 g/mol. The van der Waals surface area contributed by atoms with Gasteiger partial charge in [-0.05, 0) is 36.4 Å². The molecule has 1 N–H and O–H groups in total. The van der Waals surface area contributed by atoms with Crippen LogP contribution in [0, 0.1) is 0 Å². The van der Waals surface area contributed by atoms with Crippen LogP contribution in [0.5, 0.6) is 5.75 Å². The van der Waals surface area contributed by atoms with Crippen molar-refractivity contribution < 1.29 is 9.52 Å². The minimum atomic E-state index is 0.194. The highest BCUT2D eigenvalue weighted by molar-refractivity contribution is 6.38. The van der Waals surface area contributed by atoms with Gasteiger partial charge in [0.15, 0.2) is 0 Å². The topological polar surface area (TPSA) is 68.5 Å². The van der Waals surface area contributed by atoms with Gasteiger partial charge in [-0.3, -0.25) is 8.97 Å². The number of hydrogen-bond donors (Lipinski definition) is 1. The predicted molar refractivity (Wildman–Crippen MR) is 124 cm³/mol. The van der Waals surface area contributed by atoms with Gasteiger partial charge >= 0.3 is 0 Å². The van der Waals surface area contributed by atoms with Crippen molar-refractivity contribution in [1.29, 1.82) is 0 Å².